The Balaban J connectivity index is 1.50. The molecule has 0 radical (unpaired) electrons. The minimum absolute atomic E-state index is 0.145. The number of imide groups is 1. The van der Waals surface area contributed by atoms with E-state index in [1.165, 1.54) is 31.2 Å². The van der Waals surface area contributed by atoms with Crippen molar-refractivity contribution in [1.82, 2.24) is 4.90 Å². The first kappa shape index (κ1) is 20.7. The van der Waals surface area contributed by atoms with Crippen molar-refractivity contribution in [2.24, 2.45) is 5.73 Å². The predicted molar refractivity (Wildman–Crippen MR) is 106 cm³/mol. The molecule has 9 nitrogen and oxygen atoms in total. The summed E-state index contributed by atoms with van der Waals surface area (Å²) < 4.78 is 5.08. The number of nitrogens with two attached hydrogens (primary N) is 1. The highest BCUT2D eigenvalue weighted by Crippen LogP contribution is 2.22. The second-order valence-corrected chi connectivity index (χ2v) is 6.62. The van der Waals surface area contributed by atoms with Crippen molar-refractivity contribution in [3.05, 3.63) is 65.2 Å². The van der Waals surface area contributed by atoms with E-state index in [-0.39, 0.29) is 13.0 Å². The van der Waals surface area contributed by atoms with Crippen LogP contribution in [-0.4, -0.2) is 47.1 Å². The van der Waals surface area contributed by atoms with E-state index < -0.39 is 35.7 Å². The Hall–Kier alpha value is -4.01. The zero-order valence-electron chi connectivity index (χ0n) is 16.1. The van der Waals surface area contributed by atoms with Gasteiger partial charge in [0.2, 0.25) is 5.91 Å². The Morgan fingerprint density at radius 2 is 1.57 bits per heavy atom. The summed E-state index contributed by atoms with van der Waals surface area (Å²) in [5, 5.41) is 2.55. The van der Waals surface area contributed by atoms with Gasteiger partial charge in [-0.15, -0.1) is 0 Å². The van der Waals surface area contributed by atoms with Crippen LogP contribution in [-0.2, 0) is 14.3 Å². The van der Waals surface area contributed by atoms with Crippen LogP contribution in [0.5, 0.6) is 0 Å². The number of fused-ring (bicyclic) bond motifs is 1. The van der Waals surface area contributed by atoms with Gasteiger partial charge in [0, 0.05) is 17.8 Å². The van der Waals surface area contributed by atoms with Crippen LogP contribution in [0.4, 0.5) is 5.69 Å². The van der Waals surface area contributed by atoms with Crippen LogP contribution in [0.1, 0.15) is 44.4 Å². The minimum atomic E-state index is -1.10. The SMILES string of the molecule is C[C@H](OC(=O)CCN1C(=O)c2ccccc2C1=O)C(=O)Nc1ccc(C(N)=O)cc1. The van der Waals surface area contributed by atoms with Crippen LogP contribution in [0.15, 0.2) is 48.5 Å². The summed E-state index contributed by atoms with van der Waals surface area (Å²) >= 11 is 0. The van der Waals surface area contributed by atoms with Gasteiger partial charge < -0.3 is 15.8 Å². The van der Waals surface area contributed by atoms with E-state index in [4.69, 9.17) is 10.5 Å². The highest BCUT2D eigenvalue weighted by atomic mass is 16.5. The molecule has 0 saturated carbocycles. The lowest BCUT2D eigenvalue weighted by molar-refractivity contribution is -0.153. The van der Waals surface area contributed by atoms with E-state index in [1.54, 1.807) is 24.3 Å². The average Bonchev–Trinajstić information content (AvgIpc) is 2.97. The lowest BCUT2D eigenvalue weighted by atomic mass is 10.1. The molecule has 3 N–H and O–H groups in total. The topological polar surface area (TPSA) is 136 Å². The van der Waals surface area contributed by atoms with Gasteiger partial charge in [0.25, 0.3) is 17.7 Å². The lowest BCUT2D eigenvalue weighted by Crippen LogP contribution is -2.34. The minimum Gasteiger partial charge on any atom is -0.452 e. The molecular weight excluding hydrogens is 390 g/mol. The molecule has 0 saturated heterocycles. The van der Waals surface area contributed by atoms with Crippen molar-refractivity contribution in [2.45, 2.75) is 19.4 Å². The van der Waals surface area contributed by atoms with E-state index in [0.717, 1.165) is 4.90 Å². The van der Waals surface area contributed by atoms with Crippen LogP contribution in [0.3, 0.4) is 0 Å². The van der Waals surface area contributed by atoms with E-state index in [2.05, 4.69) is 5.32 Å². The summed E-state index contributed by atoms with van der Waals surface area (Å²) in [5.41, 5.74) is 6.44. The van der Waals surface area contributed by atoms with E-state index in [0.29, 0.717) is 22.4 Å². The Labute approximate surface area is 171 Å². The van der Waals surface area contributed by atoms with Crippen LogP contribution < -0.4 is 11.1 Å². The summed E-state index contributed by atoms with van der Waals surface area (Å²) in [4.78, 5) is 60.9. The van der Waals surface area contributed by atoms with Crippen molar-refractivity contribution in [3.8, 4) is 0 Å². The zero-order chi connectivity index (χ0) is 21.8. The molecule has 2 aromatic carbocycles. The first-order valence-corrected chi connectivity index (χ1v) is 9.13. The Morgan fingerprint density at radius 3 is 2.10 bits per heavy atom. The number of nitrogens with one attached hydrogen (secondary N) is 1. The van der Waals surface area contributed by atoms with Gasteiger partial charge in [-0.2, -0.15) is 0 Å². The number of benzene rings is 2. The molecule has 1 aliphatic heterocycles. The fourth-order valence-electron chi connectivity index (χ4n) is 2.92. The number of anilines is 1. The number of nitrogens with zero attached hydrogens (tertiary/aromatic N) is 1. The molecule has 1 atom stereocenters. The number of amides is 4. The number of carbonyl (C=O) groups excluding carboxylic acids is 5. The van der Waals surface area contributed by atoms with E-state index in [1.807, 2.05) is 0 Å². The van der Waals surface area contributed by atoms with Gasteiger partial charge in [0.05, 0.1) is 17.5 Å². The second kappa shape index (κ2) is 8.56. The highest BCUT2D eigenvalue weighted by Gasteiger charge is 2.35. The number of primary amides is 1. The number of ether oxygens (including phenoxy) is 1. The van der Waals surface area contributed by atoms with Crippen molar-refractivity contribution in [2.75, 3.05) is 11.9 Å². The largest absolute Gasteiger partial charge is 0.452 e. The fourth-order valence-corrected chi connectivity index (χ4v) is 2.92. The van der Waals surface area contributed by atoms with Crippen molar-refractivity contribution >= 4 is 35.3 Å². The summed E-state index contributed by atoms with van der Waals surface area (Å²) in [6.45, 7) is 1.25. The van der Waals surface area contributed by atoms with Crippen LogP contribution in [0.25, 0.3) is 0 Å². The van der Waals surface area contributed by atoms with E-state index >= 15 is 0 Å². The molecule has 1 heterocycles. The molecule has 0 spiro atoms. The summed E-state index contributed by atoms with van der Waals surface area (Å²) in [6, 6.07) is 12.3. The van der Waals surface area contributed by atoms with Gasteiger partial charge in [-0.05, 0) is 43.3 Å². The molecule has 2 aromatic rings. The van der Waals surface area contributed by atoms with Crippen molar-refractivity contribution < 1.29 is 28.7 Å². The van der Waals surface area contributed by atoms with Crippen LogP contribution in [0.2, 0.25) is 0 Å². The number of rotatable bonds is 7. The summed E-state index contributed by atoms with van der Waals surface area (Å²) in [6.07, 6.45) is -1.34. The Bertz CT molecular complexity index is 996. The maximum Gasteiger partial charge on any atom is 0.308 e. The molecule has 3 rings (SSSR count). The Morgan fingerprint density at radius 1 is 1.00 bits per heavy atom. The lowest BCUT2D eigenvalue weighted by Gasteiger charge is -2.16. The number of carbonyl (C=O) groups is 5. The standard InChI is InChI=1S/C21H19N3O6/c1-12(19(27)23-14-8-6-13(7-9-14)18(22)26)30-17(25)10-11-24-20(28)15-4-2-3-5-16(15)21(24)29/h2-9,12H,10-11H2,1H3,(H2,22,26)(H,23,27)/t12-/m0/s1. The molecule has 0 fully saturated rings. The van der Waals surface area contributed by atoms with Gasteiger partial charge >= 0.3 is 5.97 Å². The third-order valence-electron chi connectivity index (χ3n) is 4.53. The normalized spacial score (nSPS) is 13.6. The molecule has 9 heteroatoms. The van der Waals surface area contributed by atoms with E-state index in [9.17, 15) is 24.0 Å². The molecule has 4 amide bonds. The molecule has 0 aromatic heterocycles. The second-order valence-electron chi connectivity index (χ2n) is 6.62. The van der Waals surface area contributed by atoms with Gasteiger partial charge in [-0.1, -0.05) is 12.1 Å². The van der Waals surface area contributed by atoms with Crippen molar-refractivity contribution in [3.63, 3.8) is 0 Å². The fraction of sp³-hybridized carbons (Fsp3) is 0.190. The first-order chi connectivity index (χ1) is 14.3. The highest BCUT2D eigenvalue weighted by molar-refractivity contribution is 6.21. The summed E-state index contributed by atoms with van der Waals surface area (Å²) in [5.74, 6) is -2.82. The molecule has 30 heavy (non-hydrogen) atoms. The molecule has 0 unspecified atom stereocenters. The number of hydrogen-bond donors (Lipinski definition) is 2. The van der Waals surface area contributed by atoms with Crippen LogP contribution >= 0.6 is 0 Å². The number of esters is 1. The zero-order valence-corrected chi connectivity index (χ0v) is 16.1. The molecule has 154 valence electrons. The summed E-state index contributed by atoms with van der Waals surface area (Å²) in [7, 11) is 0. The van der Waals surface area contributed by atoms with Crippen molar-refractivity contribution in [1.29, 1.82) is 0 Å². The third-order valence-corrected chi connectivity index (χ3v) is 4.53. The molecule has 0 aliphatic carbocycles. The van der Waals surface area contributed by atoms with Gasteiger partial charge in [-0.25, -0.2) is 0 Å². The van der Waals surface area contributed by atoms with Gasteiger partial charge in [-0.3, -0.25) is 28.9 Å². The van der Waals surface area contributed by atoms with Gasteiger partial charge in [0.1, 0.15) is 0 Å². The monoisotopic (exact) mass is 409 g/mol. The molecular formula is C21H19N3O6. The number of hydrogen-bond acceptors (Lipinski definition) is 6. The maximum atomic E-state index is 12.3. The Kier molecular flexibility index (Phi) is 5.91. The average molecular weight is 409 g/mol. The van der Waals surface area contributed by atoms with Gasteiger partial charge in [0.15, 0.2) is 6.10 Å². The molecule has 0 bridgehead atoms. The quantitative estimate of drug-likeness (QED) is 0.523. The third kappa shape index (κ3) is 4.35. The molecule has 1 aliphatic rings. The first-order valence-electron chi connectivity index (χ1n) is 9.13. The smallest absolute Gasteiger partial charge is 0.308 e. The van der Waals surface area contributed by atoms with Crippen LogP contribution in [0, 0.1) is 0 Å². The predicted octanol–water partition coefficient (Wildman–Crippen LogP) is 1.34. The maximum absolute atomic E-state index is 12.3.